The maximum absolute atomic E-state index is 10.6. The number of hydrogen-bond acceptors (Lipinski definition) is 5. The van der Waals surface area contributed by atoms with Gasteiger partial charge in [0.1, 0.15) is 0 Å². The summed E-state index contributed by atoms with van der Waals surface area (Å²) in [5, 5.41) is 13.7. The Balaban J connectivity index is 2.13. The Hall–Kier alpha value is -0.650. The molecule has 17 heavy (non-hydrogen) atoms. The van der Waals surface area contributed by atoms with Gasteiger partial charge in [-0.3, -0.25) is 0 Å². The van der Waals surface area contributed by atoms with Crippen molar-refractivity contribution in [2.45, 2.75) is 25.9 Å². The Kier molecular flexibility index (Phi) is 3.43. The van der Waals surface area contributed by atoms with Crippen molar-refractivity contribution in [3.8, 4) is 0 Å². The molecule has 1 aromatic heterocycles. The van der Waals surface area contributed by atoms with Crippen molar-refractivity contribution in [1.82, 2.24) is 4.98 Å². The first-order chi connectivity index (χ1) is 7.98. The summed E-state index contributed by atoms with van der Waals surface area (Å²) in [5.74, 6) is 0. The highest BCUT2D eigenvalue weighted by Gasteiger charge is 2.48. The summed E-state index contributed by atoms with van der Waals surface area (Å²) in [6.07, 6.45) is 2.54. The molecule has 1 aliphatic rings. The summed E-state index contributed by atoms with van der Waals surface area (Å²) in [6.45, 7) is 6.21. The predicted molar refractivity (Wildman–Crippen MR) is 69.6 cm³/mol. The summed E-state index contributed by atoms with van der Waals surface area (Å²) in [6, 6.07) is 0. The van der Waals surface area contributed by atoms with Crippen LogP contribution in [0.5, 0.6) is 0 Å². The van der Waals surface area contributed by atoms with Gasteiger partial charge in [-0.1, -0.05) is 13.8 Å². The number of rotatable bonds is 3. The van der Waals surface area contributed by atoms with E-state index in [1.54, 1.807) is 18.4 Å². The number of piperidine rings is 1. The van der Waals surface area contributed by atoms with Crippen LogP contribution in [0.2, 0.25) is 0 Å². The van der Waals surface area contributed by atoms with E-state index in [0.29, 0.717) is 13.0 Å². The average Bonchev–Trinajstić information content (AvgIpc) is 2.76. The molecular weight excluding hydrogens is 236 g/mol. The number of thiazole rings is 1. The predicted octanol–water partition coefficient (Wildman–Crippen LogP) is 1.76. The van der Waals surface area contributed by atoms with E-state index in [1.165, 1.54) is 0 Å². The summed E-state index contributed by atoms with van der Waals surface area (Å²) in [7, 11) is 1.64. The Bertz CT molecular complexity index is 367. The molecule has 0 amide bonds. The monoisotopic (exact) mass is 256 g/mol. The second-order valence-corrected chi connectivity index (χ2v) is 6.21. The van der Waals surface area contributed by atoms with E-state index in [1.807, 2.05) is 11.6 Å². The third kappa shape index (κ3) is 2.32. The zero-order valence-electron chi connectivity index (χ0n) is 10.6. The number of aromatic nitrogens is 1. The van der Waals surface area contributed by atoms with Crippen molar-refractivity contribution in [1.29, 1.82) is 0 Å². The number of aliphatic hydroxyl groups is 1. The van der Waals surface area contributed by atoms with Crippen molar-refractivity contribution >= 4 is 16.5 Å². The second kappa shape index (κ2) is 4.55. The minimum Gasteiger partial charge on any atom is -0.387 e. The van der Waals surface area contributed by atoms with Crippen molar-refractivity contribution in [2.75, 3.05) is 31.7 Å². The molecule has 0 aromatic carbocycles. The third-order valence-corrected chi connectivity index (χ3v) is 4.55. The second-order valence-electron chi connectivity index (χ2n) is 5.33. The maximum Gasteiger partial charge on any atom is 0.185 e. The Morgan fingerprint density at radius 2 is 2.35 bits per heavy atom. The Labute approximate surface area is 106 Å². The zero-order chi connectivity index (χ0) is 12.5. The van der Waals surface area contributed by atoms with Crippen LogP contribution in [0.4, 0.5) is 5.13 Å². The van der Waals surface area contributed by atoms with Crippen LogP contribution in [0.15, 0.2) is 11.6 Å². The molecule has 2 heterocycles. The maximum atomic E-state index is 10.6. The molecule has 5 heteroatoms. The average molecular weight is 256 g/mol. The molecule has 4 nitrogen and oxygen atoms in total. The van der Waals surface area contributed by atoms with Crippen LogP contribution < -0.4 is 4.90 Å². The van der Waals surface area contributed by atoms with Crippen molar-refractivity contribution in [2.24, 2.45) is 5.41 Å². The van der Waals surface area contributed by atoms with E-state index in [4.69, 9.17) is 4.74 Å². The first-order valence-corrected chi connectivity index (χ1v) is 6.72. The smallest absolute Gasteiger partial charge is 0.185 e. The number of ether oxygens (including phenoxy) is 1. The summed E-state index contributed by atoms with van der Waals surface area (Å²) >= 11 is 1.65. The van der Waals surface area contributed by atoms with E-state index >= 15 is 0 Å². The zero-order valence-corrected chi connectivity index (χ0v) is 11.5. The first kappa shape index (κ1) is 12.8. The van der Waals surface area contributed by atoms with Crippen LogP contribution in [0.3, 0.4) is 0 Å². The molecule has 1 saturated heterocycles. The van der Waals surface area contributed by atoms with Gasteiger partial charge in [0, 0.05) is 37.2 Å². The van der Waals surface area contributed by atoms with Gasteiger partial charge >= 0.3 is 0 Å². The first-order valence-electron chi connectivity index (χ1n) is 5.84. The minimum atomic E-state index is -0.741. The van der Waals surface area contributed by atoms with Gasteiger partial charge in [0.05, 0.1) is 12.2 Å². The van der Waals surface area contributed by atoms with Crippen LogP contribution in [0.25, 0.3) is 0 Å². The molecule has 1 fully saturated rings. The number of methoxy groups -OCH3 is 1. The van der Waals surface area contributed by atoms with Crippen molar-refractivity contribution in [3.63, 3.8) is 0 Å². The molecule has 1 aliphatic heterocycles. The molecule has 1 atom stereocenters. The lowest BCUT2D eigenvalue weighted by atomic mass is 9.70. The van der Waals surface area contributed by atoms with E-state index in [0.717, 1.165) is 18.2 Å². The summed E-state index contributed by atoms with van der Waals surface area (Å²) in [4.78, 5) is 6.58. The van der Waals surface area contributed by atoms with Gasteiger partial charge in [0.25, 0.3) is 0 Å². The Morgan fingerprint density at radius 1 is 1.59 bits per heavy atom. The summed E-state index contributed by atoms with van der Waals surface area (Å²) in [5.41, 5.74) is -0.942. The normalized spacial score (nSPS) is 28.4. The highest BCUT2D eigenvalue weighted by molar-refractivity contribution is 7.13. The lowest BCUT2D eigenvalue weighted by molar-refractivity contribution is -0.122. The molecular formula is C12H20N2O2S. The quantitative estimate of drug-likeness (QED) is 0.895. The van der Waals surface area contributed by atoms with Gasteiger partial charge in [-0.25, -0.2) is 4.98 Å². The van der Waals surface area contributed by atoms with E-state index in [9.17, 15) is 5.11 Å². The van der Waals surface area contributed by atoms with Gasteiger partial charge < -0.3 is 14.7 Å². The fourth-order valence-electron chi connectivity index (χ4n) is 2.40. The van der Waals surface area contributed by atoms with Gasteiger partial charge in [-0.05, 0) is 6.42 Å². The number of anilines is 1. The topological polar surface area (TPSA) is 45.6 Å². The molecule has 0 saturated carbocycles. The van der Waals surface area contributed by atoms with Crippen LogP contribution in [0, 0.1) is 5.41 Å². The molecule has 96 valence electrons. The number of nitrogens with zero attached hydrogens (tertiary/aromatic N) is 2. The summed E-state index contributed by atoms with van der Waals surface area (Å²) < 4.78 is 5.16. The fourth-order valence-corrected chi connectivity index (χ4v) is 3.07. The lowest BCUT2D eigenvalue weighted by Gasteiger charge is -2.49. The highest BCUT2D eigenvalue weighted by atomic mass is 32.1. The minimum absolute atomic E-state index is 0.201. The highest BCUT2D eigenvalue weighted by Crippen LogP contribution is 2.40. The number of hydrogen-bond donors (Lipinski definition) is 1. The SMILES string of the molecule is COC[C@]1(O)CCN(c2nccs2)CC1(C)C. The molecule has 0 aliphatic carbocycles. The van der Waals surface area contributed by atoms with Crippen molar-refractivity contribution in [3.05, 3.63) is 11.6 Å². The van der Waals surface area contributed by atoms with Crippen LogP contribution in [0.1, 0.15) is 20.3 Å². The lowest BCUT2D eigenvalue weighted by Crippen LogP contribution is -2.59. The van der Waals surface area contributed by atoms with Crippen LogP contribution in [-0.4, -0.2) is 42.5 Å². The molecule has 0 radical (unpaired) electrons. The molecule has 0 unspecified atom stereocenters. The van der Waals surface area contributed by atoms with E-state index in [-0.39, 0.29) is 5.41 Å². The van der Waals surface area contributed by atoms with Gasteiger partial charge in [0.15, 0.2) is 5.13 Å². The molecule has 2 rings (SSSR count). The van der Waals surface area contributed by atoms with Crippen molar-refractivity contribution < 1.29 is 9.84 Å². The molecule has 1 N–H and O–H groups in total. The Morgan fingerprint density at radius 3 is 2.88 bits per heavy atom. The standard InChI is InChI=1S/C12H20N2O2S/c1-11(2)8-14(10-13-5-7-17-10)6-4-12(11,15)9-16-3/h5,7,15H,4,6,8-9H2,1-3H3/t12-/m1/s1. The van der Waals surface area contributed by atoms with Crippen LogP contribution in [-0.2, 0) is 4.74 Å². The molecule has 1 aromatic rings. The van der Waals surface area contributed by atoms with Crippen LogP contribution >= 0.6 is 11.3 Å². The van der Waals surface area contributed by atoms with Gasteiger partial charge in [-0.2, -0.15) is 0 Å². The van der Waals surface area contributed by atoms with E-state index in [2.05, 4.69) is 23.7 Å². The fraction of sp³-hybridized carbons (Fsp3) is 0.750. The van der Waals surface area contributed by atoms with Gasteiger partial charge in [0.2, 0.25) is 0 Å². The third-order valence-electron chi connectivity index (χ3n) is 3.71. The van der Waals surface area contributed by atoms with Gasteiger partial charge in [-0.15, -0.1) is 11.3 Å². The largest absolute Gasteiger partial charge is 0.387 e. The molecule has 0 bridgehead atoms. The van der Waals surface area contributed by atoms with E-state index < -0.39 is 5.60 Å². The molecule has 0 spiro atoms.